The normalized spacial score (nSPS) is 15.4. The van der Waals surface area contributed by atoms with Gasteiger partial charge in [-0.3, -0.25) is 9.59 Å². The van der Waals surface area contributed by atoms with Crippen molar-refractivity contribution in [2.24, 2.45) is 0 Å². The second-order valence-corrected chi connectivity index (χ2v) is 6.31. The van der Waals surface area contributed by atoms with Crippen LogP contribution in [-0.4, -0.2) is 45.6 Å². The van der Waals surface area contributed by atoms with E-state index in [0.29, 0.717) is 5.69 Å². The topological polar surface area (TPSA) is 74.8 Å². The summed E-state index contributed by atoms with van der Waals surface area (Å²) in [6, 6.07) is 4.10. The van der Waals surface area contributed by atoms with Gasteiger partial charge < -0.3 is 4.90 Å². The minimum absolute atomic E-state index is 0.00250. The molecule has 96 valence electrons. The second kappa shape index (κ2) is 3.89. The van der Waals surface area contributed by atoms with Crippen molar-refractivity contribution in [3.8, 4) is 0 Å². The van der Waals surface area contributed by atoms with Gasteiger partial charge in [-0.15, -0.1) is 0 Å². The number of hydrogen-bond acceptors (Lipinski definition) is 4. The molecule has 0 atom stereocenters. The van der Waals surface area contributed by atoms with Crippen molar-refractivity contribution < 1.29 is 18.0 Å². The predicted molar refractivity (Wildman–Crippen MR) is 65.1 cm³/mol. The van der Waals surface area contributed by atoms with Crippen LogP contribution in [0.5, 0.6) is 0 Å². The van der Waals surface area contributed by atoms with Crippen LogP contribution in [0.25, 0.3) is 0 Å². The van der Waals surface area contributed by atoms with E-state index in [9.17, 15) is 18.0 Å². The standard InChI is InChI=1S/C11H12N2O4S/c1-12(2)18(16,17)7-4-5-9-8(6-7)10(14)11(15)13(9)3/h4-6H,1-3H3. The number of carbonyl (C=O) groups excluding carboxylic acids is 2. The fourth-order valence-corrected chi connectivity index (χ4v) is 2.67. The van der Waals surface area contributed by atoms with Gasteiger partial charge in [0.25, 0.3) is 11.7 Å². The molecule has 1 aromatic rings. The third kappa shape index (κ3) is 1.63. The number of rotatable bonds is 2. The number of benzene rings is 1. The summed E-state index contributed by atoms with van der Waals surface area (Å²) in [5, 5.41) is 0. The summed E-state index contributed by atoms with van der Waals surface area (Å²) in [6.07, 6.45) is 0. The molecule has 0 saturated carbocycles. The molecule has 0 spiro atoms. The van der Waals surface area contributed by atoms with Gasteiger partial charge in [0.2, 0.25) is 10.0 Å². The summed E-state index contributed by atoms with van der Waals surface area (Å²) < 4.78 is 24.9. The number of anilines is 1. The number of carbonyl (C=O) groups is 2. The van der Waals surface area contributed by atoms with Gasteiger partial charge >= 0.3 is 0 Å². The number of ketones is 1. The first-order valence-corrected chi connectivity index (χ1v) is 6.60. The van der Waals surface area contributed by atoms with Crippen LogP contribution in [0.3, 0.4) is 0 Å². The summed E-state index contributed by atoms with van der Waals surface area (Å²) in [7, 11) is 0.682. The Morgan fingerprint density at radius 1 is 1.17 bits per heavy atom. The van der Waals surface area contributed by atoms with Gasteiger partial charge in [0, 0.05) is 21.1 Å². The highest BCUT2D eigenvalue weighted by Crippen LogP contribution is 2.30. The molecule has 0 fully saturated rings. The first kappa shape index (κ1) is 12.7. The summed E-state index contributed by atoms with van der Waals surface area (Å²) in [6.45, 7) is 0. The van der Waals surface area contributed by atoms with Gasteiger partial charge in [-0.2, -0.15) is 0 Å². The summed E-state index contributed by atoms with van der Waals surface area (Å²) in [4.78, 5) is 24.3. The number of amides is 1. The molecule has 1 aromatic carbocycles. The smallest absolute Gasteiger partial charge is 0.299 e. The van der Waals surface area contributed by atoms with E-state index in [2.05, 4.69) is 0 Å². The Morgan fingerprint density at radius 3 is 2.33 bits per heavy atom. The molecule has 18 heavy (non-hydrogen) atoms. The van der Waals surface area contributed by atoms with Crippen LogP contribution >= 0.6 is 0 Å². The number of Topliss-reactive ketones (excluding diaryl/α,β-unsaturated/α-hetero) is 1. The lowest BCUT2D eigenvalue weighted by atomic mass is 10.1. The van der Waals surface area contributed by atoms with Crippen molar-refractivity contribution in [1.82, 2.24) is 4.31 Å². The molecule has 6 nitrogen and oxygen atoms in total. The summed E-state index contributed by atoms with van der Waals surface area (Å²) in [5.74, 6) is -1.33. The van der Waals surface area contributed by atoms with Crippen molar-refractivity contribution in [3.05, 3.63) is 23.8 Å². The lowest BCUT2D eigenvalue weighted by Gasteiger charge is -2.13. The van der Waals surface area contributed by atoms with Crippen molar-refractivity contribution in [2.75, 3.05) is 26.0 Å². The molecular formula is C11H12N2O4S. The largest absolute Gasteiger partial charge is 0.308 e. The van der Waals surface area contributed by atoms with Crippen LogP contribution in [0, 0.1) is 0 Å². The minimum atomic E-state index is -3.61. The van der Waals surface area contributed by atoms with Gasteiger partial charge in [-0.1, -0.05) is 0 Å². The Balaban J connectivity index is 2.61. The molecule has 0 N–H and O–H groups in total. The van der Waals surface area contributed by atoms with Crippen LogP contribution in [0.1, 0.15) is 10.4 Å². The average Bonchev–Trinajstić information content (AvgIpc) is 2.54. The number of sulfonamides is 1. The molecule has 1 aliphatic heterocycles. The molecule has 0 saturated heterocycles. The van der Waals surface area contributed by atoms with Crippen LogP contribution in [0.15, 0.2) is 23.1 Å². The van der Waals surface area contributed by atoms with Gasteiger partial charge in [-0.05, 0) is 18.2 Å². The van der Waals surface area contributed by atoms with Crippen LogP contribution < -0.4 is 4.90 Å². The van der Waals surface area contributed by atoms with Crippen LogP contribution in [0.2, 0.25) is 0 Å². The number of fused-ring (bicyclic) bond motifs is 1. The number of nitrogens with zero attached hydrogens (tertiary/aromatic N) is 2. The molecule has 0 unspecified atom stereocenters. The minimum Gasteiger partial charge on any atom is -0.308 e. The highest BCUT2D eigenvalue weighted by molar-refractivity contribution is 7.89. The van der Waals surface area contributed by atoms with Gasteiger partial charge in [0.15, 0.2) is 0 Å². The Bertz CT molecular complexity index is 649. The molecule has 7 heteroatoms. The highest BCUT2D eigenvalue weighted by atomic mass is 32.2. The van der Waals surface area contributed by atoms with E-state index in [4.69, 9.17) is 0 Å². The zero-order valence-electron chi connectivity index (χ0n) is 10.2. The van der Waals surface area contributed by atoms with E-state index in [-0.39, 0.29) is 10.5 Å². The van der Waals surface area contributed by atoms with Gasteiger partial charge in [-0.25, -0.2) is 12.7 Å². The second-order valence-electron chi connectivity index (χ2n) is 4.16. The maximum atomic E-state index is 11.9. The van der Waals surface area contributed by atoms with Crippen molar-refractivity contribution in [1.29, 1.82) is 0 Å². The summed E-state index contributed by atoms with van der Waals surface area (Å²) >= 11 is 0. The molecule has 0 bridgehead atoms. The zero-order valence-corrected chi connectivity index (χ0v) is 11.0. The highest BCUT2D eigenvalue weighted by Gasteiger charge is 2.34. The lowest BCUT2D eigenvalue weighted by molar-refractivity contribution is -0.114. The molecule has 1 heterocycles. The van der Waals surface area contributed by atoms with Gasteiger partial charge in [0.1, 0.15) is 0 Å². The van der Waals surface area contributed by atoms with E-state index in [1.165, 1.54) is 44.2 Å². The number of hydrogen-bond donors (Lipinski definition) is 0. The van der Waals surface area contributed by atoms with Crippen molar-refractivity contribution >= 4 is 27.4 Å². The molecular weight excluding hydrogens is 256 g/mol. The number of likely N-dealkylation sites (N-methyl/N-ethyl adjacent to an activating group) is 1. The molecule has 0 aromatic heterocycles. The summed E-state index contributed by atoms with van der Waals surface area (Å²) in [5.41, 5.74) is 0.563. The first-order chi connectivity index (χ1) is 8.26. The zero-order chi connectivity index (χ0) is 13.7. The molecule has 0 aliphatic carbocycles. The molecule has 1 amide bonds. The maximum absolute atomic E-state index is 11.9. The monoisotopic (exact) mass is 268 g/mol. The van der Waals surface area contributed by atoms with Crippen LogP contribution in [0.4, 0.5) is 5.69 Å². The first-order valence-electron chi connectivity index (χ1n) is 5.16. The third-order valence-electron chi connectivity index (χ3n) is 2.85. The Morgan fingerprint density at radius 2 is 1.78 bits per heavy atom. The fourth-order valence-electron chi connectivity index (χ4n) is 1.74. The third-order valence-corrected chi connectivity index (χ3v) is 4.66. The molecule has 1 aliphatic rings. The van der Waals surface area contributed by atoms with Crippen LogP contribution in [-0.2, 0) is 14.8 Å². The molecule has 0 radical (unpaired) electrons. The fraction of sp³-hybridized carbons (Fsp3) is 0.273. The van der Waals surface area contributed by atoms with E-state index < -0.39 is 21.7 Å². The molecule has 2 rings (SSSR count). The Labute approximate surface area is 105 Å². The lowest BCUT2D eigenvalue weighted by Crippen LogP contribution is -2.24. The van der Waals surface area contributed by atoms with Crippen molar-refractivity contribution in [2.45, 2.75) is 4.90 Å². The van der Waals surface area contributed by atoms with E-state index in [0.717, 1.165) is 4.31 Å². The van der Waals surface area contributed by atoms with E-state index in [1.54, 1.807) is 0 Å². The quantitative estimate of drug-likeness (QED) is 0.713. The van der Waals surface area contributed by atoms with Crippen molar-refractivity contribution in [3.63, 3.8) is 0 Å². The predicted octanol–water partition coefficient (Wildman–Crippen LogP) is 0.0960. The SMILES string of the molecule is CN1C(=O)C(=O)c2cc(S(=O)(=O)N(C)C)ccc21. The van der Waals surface area contributed by atoms with E-state index >= 15 is 0 Å². The Kier molecular flexibility index (Phi) is 2.75. The average molecular weight is 268 g/mol. The van der Waals surface area contributed by atoms with E-state index in [1.807, 2.05) is 0 Å². The van der Waals surface area contributed by atoms with Gasteiger partial charge in [0.05, 0.1) is 16.1 Å². The maximum Gasteiger partial charge on any atom is 0.299 e. The Hall–Kier alpha value is -1.73.